The number of thiazole rings is 1. The summed E-state index contributed by atoms with van der Waals surface area (Å²) in [5.74, 6) is -0.504. The molecule has 1 N–H and O–H groups in total. The molecule has 1 aliphatic heterocycles. The minimum absolute atomic E-state index is 0.183. The third-order valence-corrected chi connectivity index (χ3v) is 7.21. The standard InChI is InChI=1S/C29H24N2O6S/c1-4-36-28(35)24-17(3)30-29-31(25(24)19-7-5-16(2)6-8-19)26(32)23(38-29)15-21-13-14-22(37-21)18-9-11-20(12-10-18)27(33)34/h5-15,25H,4H2,1-3H3,(H,33,34). The lowest BCUT2D eigenvalue weighted by Gasteiger charge is -2.24. The van der Waals surface area contributed by atoms with Gasteiger partial charge >= 0.3 is 11.9 Å². The lowest BCUT2D eigenvalue weighted by atomic mass is 9.95. The molecule has 2 aromatic carbocycles. The third kappa shape index (κ3) is 4.64. The van der Waals surface area contributed by atoms with E-state index in [2.05, 4.69) is 4.99 Å². The van der Waals surface area contributed by atoms with Crippen molar-refractivity contribution in [2.45, 2.75) is 26.8 Å². The van der Waals surface area contributed by atoms with Gasteiger partial charge in [0.15, 0.2) is 4.80 Å². The number of carbonyl (C=O) groups is 2. The maximum atomic E-state index is 13.7. The predicted octanol–water partition coefficient (Wildman–Crippen LogP) is 4.06. The zero-order chi connectivity index (χ0) is 27.0. The summed E-state index contributed by atoms with van der Waals surface area (Å²) in [6, 6.07) is 16.9. The van der Waals surface area contributed by atoms with Gasteiger partial charge in [-0.1, -0.05) is 53.3 Å². The third-order valence-electron chi connectivity index (χ3n) is 6.23. The van der Waals surface area contributed by atoms with E-state index in [4.69, 9.17) is 14.3 Å². The molecule has 0 saturated heterocycles. The number of esters is 1. The van der Waals surface area contributed by atoms with E-state index in [9.17, 15) is 14.4 Å². The van der Waals surface area contributed by atoms with Crippen LogP contribution in [0.4, 0.5) is 0 Å². The number of nitrogens with zero attached hydrogens (tertiary/aromatic N) is 2. The Morgan fingerprint density at radius 2 is 1.79 bits per heavy atom. The van der Waals surface area contributed by atoms with Crippen molar-refractivity contribution >= 4 is 29.4 Å². The quantitative estimate of drug-likeness (QED) is 0.378. The molecule has 0 amide bonds. The number of furan rings is 1. The molecule has 3 heterocycles. The van der Waals surface area contributed by atoms with Crippen molar-refractivity contribution in [1.82, 2.24) is 4.57 Å². The van der Waals surface area contributed by atoms with Crippen LogP contribution in [0.2, 0.25) is 0 Å². The molecule has 0 aliphatic carbocycles. The van der Waals surface area contributed by atoms with Crippen molar-refractivity contribution in [1.29, 1.82) is 0 Å². The van der Waals surface area contributed by atoms with Crippen LogP contribution in [0.3, 0.4) is 0 Å². The van der Waals surface area contributed by atoms with Gasteiger partial charge in [-0.2, -0.15) is 0 Å². The molecule has 38 heavy (non-hydrogen) atoms. The first-order valence-corrected chi connectivity index (χ1v) is 12.8. The fourth-order valence-corrected chi connectivity index (χ4v) is 5.37. The number of aryl methyl sites for hydroxylation is 1. The topological polar surface area (TPSA) is 111 Å². The second kappa shape index (κ2) is 10.1. The highest BCUT2D eigenvalue weighted by atomic mass is 32.1. The van der Waals surface area contributed by atoms with E-state index >= 15 is 0 Å². The van der Waals surface area contributed by atoms with Gasteiger partial charge in [0.1, 0.15) is 11.5 Å². The Morgan fingerprint density at radius 3 is 2.45 bits per heavy atom. The lowest BCUT2D eigenvalue weighted by molar-refractivity contribution is -0.139. The van der Waals surface area contributed by atoms with E-state index in [1.165, 1.54) is 28.0 Å². The number of rotatable bonds is 6. The molecule has 8 nitrogen and oxygen atoms in total. The molecule has 9 heteroatoms. The fourth-order valence-electron chi connectivity index (χ4n) is 4.35. The number of ether oxygens (including phenoxy) is 1. The predicted molar refractivity (Wildman–Crippen MR) is 143 cm³/mol. The smallest absolute Gasteiger partial charge is 0.338 e. The first-order valence-electron chi connectivity index (χ1n) is 12.0. The first kappa shape index (κ1) is 25.2. The minimum Gasteiger partial charge on any atom is -0.478 e. The van der Waals surface area contributed by atoms with Crippen LogP contribution in [-0.2, 0) is 9.53 Å². The van der Waals surface area contributed by atoms with Gasteiger partial charge < -0.3 is 14.3 Å². The summed E-state index contributed by atoms with van der Waals surface area (Å²) in [5.41, 5.74) is 3.29. The molecule has 2 aromatic heterocycles. The van der Waals surface area contributed by atoms with Crippen LogP contribution >= 0.6 is 11.3 Å². The second-order valence-electron chi connectivity index (χ2n) is 8.80. The Balaban J connectivity index is 1.59. The van der Waals surface area contributed by atoms with Gasteiger partial charge in [0.2, 0.25) is 0 Å². The zero-order valence-corrected chi connectivity index (χ0v) is 21.7. The van der Waals surface area contributed by atoms with E-state index in [-0.39, 0.29) is 17.7 Å². The Hall–Kier alpha value is -4.50. The molecule has 4 aromatic rings. The van der Waals surface area contributed by atoms with E-state index < -0.39 is 18.0 Å². The van der Waals surface area contributed by atoms with Crippen molar-refractivity contribution < 1.29 is 23.8 Å². The molecule has 1 unspecified atom stereocenters. The average molecular weight is 529 g/mol. The largest absolute Gasteiger partial charge is 0.478 e. The molecular weight excluding hydrogens is 504 g/mol. The Morgan fingerprint density at radius 1 is 1.08 bits per heavy atom. The van der Waals surface area contributed by atoms with Crippen molar-refractivity contribution in [3.8, 4) is 11.3 Å². The Bertz CT molecular complexity index is 1750. The van der Waals surface area contributed by atoms with E-state index in [1.807, 2.05) is 31.2 Å². The number of hydrogen-bond donors (Lipinski definition) is 1. The first-order chi connectivity index (χ1) is 18.3. The monoisotopic (exact) mass is 528 g/mol. The number of fused-ring (bicyclic) bond motifs is 1. The summed E-state index contributed by atoms with van der Waals surface area (Å²) >= 11 is 1.22. The molecule has 0 bridgehead atoms. The summed E-state index contributed by atoms with van der Waals surface area (Å²) < 4.78 is 13.2. The summed E-state index contributed by atoms with van der Waals surface area (Å²) in [5, 5.41) is 9.11. The Labute approximate surface area is 221 Å². The molecule has 192 valence electrons. The van der Waals surface area contributed by atoms with Crippen molar-refractivity contribution in [3.05, 3.63) is 114 Å². The summed E-state index contributed by atoms with van der Waals surface area (Å²) in [6.45, 7) is 5.67. The second-order valence-corrected chi connectivity index (χ2v) is 9.81. The highest BCUT2D eigenvalue weighted by molar-refractivity contribution is 7.07. The lowest BCUT2D eigenvalue weighted by Crippen LogP contribution is -2.39. The van der Waals surface area contributed by atoms with Crippen LogP contribution in [-0.4, -0.2) is 28.2 Å². The summed E-state index contributed by atoms with van der Waals surface area (Å²) in [7, 11) is 0. The number of hydrogen-bond acceptors (Lipinski definition) is 7. The van der Waals surface area contributed by atoms with E-state index in [0.29, 0.717) is 37.7 Å². The van der Waals surface area contributed by atoms with Crippen LogP contribution in [0, 0.1) is 6.92 Å². The van der Waals surface area contributed by atoms with Gasteiger partial charge in [0.05, 0.1) is 34.0 Å². The van der Waals surface area contributed by atoms with E-state index in [0.717, 1.165) is 11.1 Å². The molecular formula is C29H24N2O6S. The molecule has 5 rings (SSSR count). The average Bonchev–Trinajstić information content (AvgIpc) is 3.48. The number of carboxylic acid groups (broad SMARTS) is 1. The van der Waals surface area contributed by atoms with Crippen LogP contribution in [0.5, 0.6) is 0 Å². The highest BCUT2D eigenvalue weighted by Crippen LogP contribution is 2.31. The van der Waals surface area contributed by atoms with Crippen LogP contribution in [0.15, 0.2) is 86.1 Å². The van der Waals surface area contributed by atoms with Gasteiger partial charge in [0.25, 0.3) is 5.56 Å². The number of allylic oxidation sites excluding steroid dienone is 1. The van der Waals surface area contributed by atoms with Crippen LogP contribution in [0.25, 0.3) is 17.4 Å². The molecule has 0 radical (unpaired) electrons. The van der Waals surface area contributed by atoms with Crippen LogP contribution in [0.1, 0.15) is 47.1 Å². The summed E-state index contributed by atoms with van der Waals surface area (Å²) in [4.78, 5) is 42.8. The van der Waals surface area contributed by atoms with Crippen molar-refractivity contribution in [2.24, 2.45) is 4.99 Å². The maximum absolute atomic E-state index is 13.7. The van der Waals surface area contributed by atoms with Gasteiger partial charge in [-0.3, -0.25) is 9.36 Å². The fraction of sp³-hybridized carbons (Fsp3) is 0.172. The molecule has 0 spiro atoms. The van der Waals surface area contributed by atoms with Crippen molar-refractivity contribution in [3.63, 3.8) is 0 Å². The number of benzene rings is 2. The van der Waals surface area contributed by atoms with Crippen molar-refractivity contribution in [2.75, 3.05) is 6.61 Å². The number of carboxylic acids is 1. The Kier molecular flexibility index (Phi) is 6.69. The number of aromatic carboxylic acids is 1. The molecule has 1 atom stereocenters. The zero-order valence-electron chi connectivity index (χ0n) is 20.9. The van der Waals surface area contributed by atoms with E-state index in [1.54, 1.807) is 44.2 Å². The molecule has 0 fully saturated rings. The minimum atomic E-state index is -1.00. The number of aromatic nitrogens is 1. The van der Waals surface area contributed by atoms with Gasteiger partial charge in [-0.25, -0.2) is 14.6 Å². The van der Waals surface area contributed by atoms with Gasteiger partial charge in [0, 0.05) is 11.6 Å². The van der Waals surface area contributed by atoms with Crippen LogP contribution < -0.4 is 14.9 Å². The normalized spacial score (nSPS) is 15.2. The number of carbonyl (C=O) groups excluding carboxylic acids is 1. The maximum Gasteiger partial charge on any atom is 0.338 e. The highest BCUT2D eigenvalue weighted by Gasteiger charge is 2.33. The van der Waals surface area contributed by atoms with Gasteiger partial charge in [-0.05, 0) is 50.6 Å². The van der Waals surface area contributed by atoms with Gasteiger partial charge in [-0.15, -0.1) is 0 Å². The summed E-state index contributed by atoms with van der Waals surface area (Å²) in [6.07, 6.45) is 1.65. The molecule has 0 saturated carbocycles. The SMILES string of the molecule is CCOC(=O)C1=C(C)N=c2sc(=Cc3ccc(-c4ccc(C(=O)O)cc4)o3)c(=O)n2C1c1ccc(C)cc1. The molecule has 1 aliphatic rings.